The maximum Gasteiger partial charge on any atom is 0.408 e. The zero-order valence-electron chi connectivity index (χ0n) is 50.2. The monoisotopic (exact) mass is 1210 g/mol. The van der Waals surface area contributed by atoms with Gasteiger partial charge in [-0.3, -0.25) is 19.2 Å². The van der Waals surface area contributed by atoms with E-state index in [4.69, 9.17) is 33.4 Å². The van der Waals surface area contributed by atoms with E-state index in [-0.39, 0.29) is 44.9 Å². The summed E-state index contributed by atoms with van der Waals surface area (Å²) in [5.74, 6) is -3.96. The van der Waals surface area contributed by atoms with Crippen LogP contribution < -0.4 is 31.9 Å². The van der Waals surface area contributed by atoms with Gasteiger partial charge in [-0.1, -0.05) is 119 Å². The van der Waals surface area contributed by atoms with Gasteiger partial charge in [0, 0.05) is 69.2 Å². The number of rotatable bonds is 31. The van der Waals surface area contributed by atoms with Gasteiger partial charge in [0.1, 0.15) is 54.8 Å². The molecule has 7 N–H and O–H groups in total. The van der Waals surface area contributed by atoms with Gasteiger partial charge in [-0.05, 0) is 79.6 Å². The van der Waals surface area contributed by atoms with Crippen molar-refractivity contribution in [1.82, 2.24) is 41.9 Å². The maximum absolute atomic E-state index is 14.7. The van der Waals surface area contributed by atoms with E-state index in [0.29, 0.717) is 29.3 Å². The molecule has 0 spiro atoms. The summed E-state index contributed by atoms with van der Waals surface area (Å²) >= 11 is 1.21. The van der Waals surface area contributed by atoms with Gasteiger partial charge in [-0.25, -0.2) is 19.4 Å². The Kier molecular flexibility index (Phi) is 24.6. The predicted octanol–water partition coefficient (Wildman–Crippen LogP) is 8.06. The number of hydrogen-bond donors (Lipinski definition) is 7. The lowest BCUT2D eigenvalue weighted by Crippen LogP contribution is -2.57. The molecule has 6 amide bonds. The number of ether oxygens (including phenoxy) is 6. The van der Waals surface area contributed by atoms with Crippen LogP contribution in [-0.2, 0) is 58.8 Å². The topological polar surface area (TPSA) is 276 Å². The molecule has 7 atom stereocenters. The fourth-order valence-electron chi connectivity index (χ4n) is 9.31. The minimum Gasteiger partial charge on any atom is -0.460 e. The molecule has 0 saturated carbocycles. The average Bonchev–Trinajstić information content (AvgIpc) is 2.81. The lowest BCUT2D eigenvalue weighted by atomic mass is 9.93. The van der Waals surface area contributed by atoms with Gasteiger partial charge in [0.25, 0.3) is 5.91 Å². The minimum absolute atomic E-state index is 0.00212. The van der Waals surface area contributed by atoms with Gasteiger partial charge in [-0.2, -0.15) is 0 Å². The van der Waals surface area contributed by atoms with Crippen LogP contribution in [0.15, 0.2) is 103 Å². The highest BCUT2D eigenvalue weighted by Gasteiger charge is 2.38. The van der Waals surface area contributed by atoms with Crippen LogP contribution in [0.25, 0.3) is 28.1 Å². The molecule has 21 nitrogen and oxygen atoms in total. The Labute approximate surface area is 502 Å². The third-order valence-corrected chi connectivity index (χ3v) is 16.6. The molecule has 0 fully saturated rings. The number of H-pyrrole nitrogens is 1. The first-order valence-electron chi connectivity index (χ1n) is 28.4. The fourth-order valence-corrected chi connectivity index (χ4v) is 10.9. The molecule has 0 saturated heterocycles. The Balaban J connectivity index is 1.17. The number of alkyl carbamates (subject to hydrolysis) is 2. The molecular weight excluding hydrogens is 1120 g/mol. The van der Waals surface area contributed by atoms with Crippen LogP contribution in [0.1, 0.15) is 87.3 Å². The number of carbonyl (C=O) groups is 7. The third kappa shape index (κ3) is 19.9. The molecule has 3 aromatic carbocycles. The number of aromatic amines is 1. The molecule has 85 heavy (non-hydrogen) atoms. The number of thiazole rings is 1. The number of fused-ring (bicyclic) bond motifs is 4. The first-order chi connectivity index (χ1) is 40.5. The van der Waals surface area contributed by atoms with Crippen LogP contribution >= 0.6 is 11.3 Å². The number of para-hydroxylation sites is 1. The molecule has 458 valence electrons. The van der Waals surface area contributed by atoms with Crippen molar-refractivity contribution in [2.45, 2.75) is 128 Å². The average molecular weight is 1210 g/mol. The summed E-state index contributed by atoms with van der Waals surface area (Å²) < 4.78 is 34.2. The zero-order chi connectivity index (χ0) is 61.8. The van der Waals surface area contributed by atoms with Gasteiger partial charge < -0.3 is 65.3 Å². The molecule has 0 aliphatic heterocycles. The largest absolute Gasteiger partial charge is 0.460 e. The van der Waals surface area contributed by atoms with E-state index in [1.165, 1.54) is 43.6 Å². The molecule has 2 heterocycles. The Hall–Kier alpha value is -7.70. The van der Waals surface area contributed by atoms with Crippen LogP contribution in [0.2, 0.25) is 25.7 Å². The number of aromatic nitrogens is 2. The number of hydrogen-bond acceptors (Lipinski definition) is 15. The van der Waals surface area contributed by atoms with Gasteiger partial charge in [-0.15, -0.1) is 11.3 Å². The number of methoxy groups -OCH3 is 1. The van der Waals surface area contributed by atoms with E-state index in [9.17, 15) is 33.6 Å². The van der Waals surface area contributed by atoms with Crippen molar-refractivity contribution >= 4 is 78.2 Å². The van der Waals surface area contributed by atoms with E-state index >= 15 is 0 Å². The summed E-state index contributed by atoms with van der Waals surface area (Å²) in [4.78, 5) is 103. The van der Waals surface area contributed by atoms with Gasteiger partial charge in [0.2, 0.25) is 17.7 Å². The number of esters is 1. The Morgan fingerprint density at radius 2 is 1.51 bits per heavy atom. The van der Waals surface area contributed by atoms with Crippen LogP contribution in [-0.4, -0.2) is 143 Å². The predicted molar refractivity (Wildman–Crippen MR) is 328 cm³/mol. The number of benzene rings is 3. The lowest BCUT2D eigenvalue weighted by molar-refractivity contribution is -0.150. The van der Waals surface area contributed by atoms with E-state index in [1.807, 2.05) is 74.5 Å². The number of amides is 6. The van der Waals surface area contributed by atoms with Gasteiger partial charge in [0.05, 0.1) is 18.3 Å². The Bertz CT molecular complexity index is 3090. The SMILES string of the molecule is C=CCOC(=O)[C@H](C)NC(=O)[C@H](CNC(=O)[C@H](Cc1c[nH]c2ccccc12)NC(=O)/C=C/c1csc([C@H](COC)NC(=O)[C@H](OCOCC[Si](C)(C)C)[C@@H](NC(=O)OCC2c3ccccc3-c3ccccc32)[C@@H](C)CC)n1)NC(=O)OC(C)(C)C. The lowest BCUT2D eigenvalue weighted by Gasteiger charge is -2.32. The van der Waals surface area contributed by atoms with Gasteiger partial charge >= 0.3 is 18.2 Å². The molecule has 1 aliphatic rings. The quantitative estimate of drug-likeness (QED) is 0.00421. The van der Waals surface area contributed by atoms with Crippen LogP contribution in [0.4, 0.5) is 9.59 Å². The summed E-state index contributed by atoms with van der Waals surface area (Å²) in [5, 5.41) is 19.4. The summed E-state index contributed by atoms with van der Waals surface area (Å²) in [6, 6.07) is 19.0. The Morgan fingerprint density at radius 3 is 2.16 bits per heavy atom. The molecule has 1 aliphatic carbocycles. The second kappa shape index (κ2) is 31.4. The molecule has 23 heteroatoms. The fraction of sp³-hybridized carbons (Fsp3) is 0.452. The molecule has 5 aromatic rings. The third-order valence-electron chi connectivity index (χ3n) is 14.0. The highest BCUT2D eigenvalue weighted by Crippen LogP contribution is 2.44. The number of nitrogens with one attached hydrogen (secondary N) is 7. The van der Waals surface area contributed by atoms with Gasteiger partial charge in [0.15, 0.2) is 6.10 Å². The first kappa shape index (κ1) is 66.4. The highest BCUT2D eigenvalue weighted by atomic mass is 32.1. The minimum atomic E-state index is -1.46. The molecule has 0 radical (unpaired) electrons. The van der Waals surface area contributed by atoms with Crippen molar-refractivity contribution in [2.75, 3.05) is 46.9 Å². The molecule has 6 rings (SSSR count). The smallest absolute Gasteiger partial charge is 0.408 e. The van der Waals surface area contributed by atoms with Crippen molar-refractivity contribution in [3.63, 3.8) is 0 Å². The summed E-state index contributed by atoms with van der Waals surface area (Å²) in [6.45, 7) is 20.1. The van der Waals surface area contributed by atoms with Crippen molar-refractivity contribution in [1.29, 1.82) is 0 Å². The van der Waals surface area contributed by atoms with Crippen LogP contribution in [0.5, 0.6) is 0 Å². The second-order valence-corrected chi connectivity index (χ2v) is 29.5. The summed E-state index contributed by atoms with van der Waals surface area (Å²) in [6.07, 6.45) is 3.44. The molecule has 2 aromatic heterocycles. The van der Waals surface area contributed by atoms with Crippen LogP contribution in [0.3, 0.4) is 0 Å². The van der Waals surface area contributed by atoms with E-state index in [1.54, 1.807) is 32.3 Å². The van der Waals surface area contributed by atoms with Crippen LogP contribution in [0, 0.1) is 5.92 Å². The second-order valence-electron chi connectivity index (χ2n) is 23.0. The molecule has 0 bridgehead atoms. The molecule has 0 unspecified atom stereocenters. The number of carbonyl (C=O) groups excluding carboxylic acids is 7. The maximum atomic E-state index is 14.7. The Morgan fingerprint density at radius 1 is 0.824 bits per heavy atom. The van der Waals surface area contributed by atoms with Crippen molar-refractivity contribution in [3.05, 3.63) is 130 Å². The zero-order valence-corrected chi connectivity index (χ0v) is 52.0. The van der Waals surface area contributed by atoms with Crippen molar-refractivity contribution < 1.29 is 62.0 Å². The first-order valence-corrected chi connectivity index (χ1v) is 33.0. The van der Waals surface area contributed by atoms with Crippen molar-refractivity contribution in [3.8, 4) is 11.1 Å². The number of nitrogens with zero attached hydrogens (tertiary/aromatic N) is 1. The molecular formula is C62H82N8O13SSi. The van der Waals surface area contributed by atoms with E-state index in [0.717, 1.165) is 39.2 Å². The summed E-state index contributed by atoms with van der Waals surface area (Å²) in [7, 11) is 0.0223. The normalized spacial score (nSPS) is 14.8. The highest BCUT2D eigenvalue weighted by molar-refractivity contribution is 7.09. The van der Waals surface area contributed by atoms with Crippen molar-refractivity contribution in [2.24, 2.45) is 5.92 Å². The standard InChI is InChI=1S/C62H82N8O13SSi/c1-12-28-80-59(75)39(4)65-56(73)50(69-61(77)83-62(5,6)7)33-64-55(72)49(31-40-32-63-48-25-19-18-20-42(40)48)67-52(71)27-26-41-36-84-58(66-41)51(35-78-8)68-57(74)54(82-37-79-29-30-85(9,10)11)53(38(3)13-2)70-60(76)81-34-47-45-23-16-14-21-43(45)44-22-15-17-24-46(44)47/h12,14-27,32,36,38-39,47,49-51,53-54,63H,1,13,28-31,33-35,37H2,2-11H3,(H,64,72)(H,65,73)(H,67,71)(H,68,74)(H,69,77)(H,70,76)/b27-26+/t38-,39-,49-,50-,51-,53-,54+/m0/s1. The van der Waals surface area contributed by atoms with E-state index in [2.05, 4.69) is 75.2 Å². The summed E-state index contributed by atoms with van der Waals surface area (Å²) in [5.41, 5.74) is 5.23. The van der Waals surface area contributed by atoms with E-state index < -0.39 is 98.3 Å².